The van der Waals surface area contributed by atoms with Crippen molar-refractivity contribution >= 4 is 11.0 Å². The molecule has 5 nitrogen and oxygen atoms in total. The van der Waals surface area contributed by atoms with Gasteiger partial charge in [-0.1, -0.05) is 30.3 Å². The summed E-state index contributed by atoms with van der Waals surface area (Å²) >= 11 is 0. The van der Waals surface area contributed by atoms with Crippen LogP contribution in [0.4, 0.5) is 0 Å². The molecule has 3 aromatic rings. The minimum absolute atomic E-state index is 0.323. The molecule has 0 bridgehead atoms. The van der Waals surface area contributed by atoms with E-state index in [0.717, 1.165) is 23.2 Å². The molecular weight excluding hydrogens is 352 g/mol. The van der Waals surface area contributed by atoms with Gasteiger partial charge in [0.25, 0.3) is 0 Å². The van der Waals surface area contributed by atoms with Crippen LogP contribution in [-0.4, -0.2) is 45.9 Å². The van der Waals surface area contributed by atoms with Crippen LogP contribution in [0.5, 0.6) is 5.75 Å². The minimum Gasteiger partial charge on any atom is -0.488 e. The maximum atomic E-state index is 12.4. The Morgan fingerprint density at radius 1 is 0.964 bits per heavy atom. The van der Waals surface area contributed by atoms with E-state index in [1.807, 2.05) is 54.6 Å². The maximum absolute atomic E-state index is 12.4. The zero-order valence-electron chi connectivity index (χ0n) is 16.4. The molecule has 2 N–H and O–H groups in total. The Labute approximate surface area is 165 Å². The van der Waals surface area contributed by atoms with Gasteiger partial charge in [0.2, 0.25) is 0 Å². The first-order valence-electron chi connectivity index (χ1n) is 10.2. The molecule has 0 saturated carbocycles. The van der Waals surface area contributed by atoms with Gasteiger partial charge in [0.1, 0.15) is 50.7 Å². The first-order chi connectivity index (χ1) is 13.7. The largest absolute Gasteiger partial charge is 0.488 e. The second kappa shape index (κ2) is 8.59. The van der Waals surface area contributed by atoms with Crippen LogP contribution in [0.25, 0.3) is 22.1 Å². The summed E-state index contributed by atoms with van der Waals surface area (Å²) in [6.07, 6.45) is 0. The van der Waals surface area contributed by atoms with E-state index >= 15 is 0 Å². The van der Waals surface area contributed by atoms with Gasteiger partial charge >= 0.3 is 5.63 Å². The SMILES string of the molecule is CC[NH+]1CC[NH+](CCOc2ccc3cc(-c4ccccc4)c(=O)oc3c2)CC1. The lowest BCUT2D eigenvalue weighted by atomic mass is 10.1. The average Bonchev–Trinajstić information content (AvgIpc) is 2.74. The minimum atomic E-state index is -0.323. The Morgan fingerprint density at radius 3 is 2.46 bits per heavy atom. The molecule has 28 heavy (non-hydrogen) atoms. The molecule has 0 aliphatic carbocycles. The number of hydrogen-bond donors (Lipinski definition) is 2. The third-order valence-electron chi connectivity index (χ3n) is 5.68. The summed E-state index contributed by atoms with van der Waals surface area (Å²) in [6, 6.07) is 17.2. The lowest BCUT2D eigenvalue weighted by molar-refractivity contribution is -1.01. The van der Waals surface area contributed by atoms with E-state index in [1.165, 1.54) is 32.7 Å². The third-order valence-corrected chi connectivity index (χ3v) is 5.68. The van der Waals surface area contributed by atoms with Gasteiger partial charge < -0.3 is 19.0 Å². The van der Waals surface area contributed by atoms with E-state index in [0.29, 0.717) is 17.8 Å². The second-order valence-electron chi connectivity index (χ2n) is 7.47. The molecule has 0 amide bonds. The van der Waals surface area contributed by atoms with Crippen molar-refractivity contribution in [3.05, 3.63) is 65.0 Å². The van der Waals surface area contributed by atoms with Crippen molar-refractivity contribution < 1.29 is 19.0 Å². The Morgan fingerprint density at radius 2 is 1.71 bits per heavy atom. The normalized spacial score (nSPS) is 19.6. The molecule has 1 fully saturated rings. The van der Waals surface area contributed by atoms with Crippen LogP contribution in [0.1, 0.15) is 6.92 Å². The summed E-state index contributed by atoms with van der Waals surface area (Å²) in [5.41, 5.74) is 1.69. The topological polar surface area (TPSA) is 48.3 Å². The van der Waals surface area contributed by atoms with Crippen LogP contribution in [0.3, 0.4) is 0 Å². The van der Waals surface area contributed by atoms with Gasteiger partial charge in [0.05, 0.1) is 12.1 Å². The molecule has 1 aliphatic rings. The van der Waals surface area contributed by atoms with Crippen molar-refractivity contribution in [3.63, 3.8) is 0 Å². The molecule has 146 valence electrons. The molecule has 1 saturated heterocycles. The Bertz CT molecular complexity index is 976. The molecule has 0 radical (unpaired) electrons. The van der Waals surface area contributed by atoms with Crippen LogP contribution < -0.4 is 20.2 Å². The fourth-order valence-corrected chi connectivity index (χ4v) is 3.87. The fraction of sp³-hybridized carbons (Fsp3) is 0.348. The molecule has 0 atom stereocenters. The first kappa shape index (κ1) is 18.7. The number of hydrogen-bond acceptors (Lipinski definition) is 3. The van der Waals surface area contributed by atoms with Gasteiger partial charge in [-0.25, -0.2) is 4.79 Å². The van der Waals surface area contributed by atoms with Crippen LogP contribution in [0.15, 0.2) is 63.8 Å². The number of rotatable bonds is 6. The van der Waals surface area contributed by atoms with Crippen molar-refractivity contribution in [2.75, 3.05) is 45.9 Å². The fourth-order valence-electron chi connectivity index (χ4n) is 3.87. The summed E-state index contributed by atoms with van der Waals surface area (Å²) in [5.74, 6) is 0.750. The molecule has 4 rings (SSSR count). The van der Waals surface area contributed by atoms with Crippen LogP contribution in [-0.2, 0) is 0 Å². The summed E-state index contributed by atoms with van der Waals surface area (Å²) in [5, 5.41) is 0.898. The van der Waals surface area contributed by atoms with Crippen molar-refractivity contribution in [1.29, 1.82) is 0 Å². The molecule has 0 unspecified atom stereocenters. The van der Waals surface area contributed by atoms with Gasteiger partial charge in [-0.15, -0.1) is 0 Å². The summed E-state index contributed by atoms with van der Waals surface area (Å²) in [6.45, 7) is 10.1. The van der Waals surface area contributed by atoms with Crippen LogP contribution >= 0.6 is 0 Å². The molecule has 1 aromatic heterocycles. The predicted octanol–water partition coefficient (Wildman–Crippen LogP) is 0.642. The predicted molar refractivity (Wildman–Crippen MR) is 110 cm³/mol. The molecule has 0 spiro atoms. The van der Waals surface area contributed by atoms with Gasteiger partial charge in [-0.05, 0) is 30.7 Å². The highest BCUT2D eigenvalue weighted by Gasteiger charge is 2.21. The van der Waals surface area contributed by atoms with Crippen LogP contribution in [0.2, 0.25) is 0 Å². The van der Waals surface area contributed by atoms with Gasteiger partial charge in [0.15, 0.2) is 0 Å². The summed E-state index contributed by atoms with van der Waals surface area (Å²) in [4.78, 5) is 15.7. The number of nitrogens with one attached hydrogen (secondary N) is 2. The smallest absolute Gasteiger partial charge is 0.344 e. The molecule has 5 heteroatoms. The van der Waals surface area contributed by atoms with E-state index in [2.05, 4.69) is 6.92 Å². The first-order valence-corrected chi connectivity index (χ1v) is 10.2. The number of likely N-dealkylation sites (N-methyl/N-ethyl adjacent to an activating group) is 1. The Kier molecular flexibility index (Phi) is 5.74. The van der Waals surface area contributed by atoms with Gasteiger partial charge in [0, 0.05) is 11.5 Å². The highest BCUT2D eigenvalue weighted by molar-refractivity contribution is 5.82. The number of fused-ring (bicyclic) bond motifs is 1. The van der Waals surface area contributed by atoms with E-state index < -0.39 is 0 Å². The lowest BCUT2D eigenvalue weighted by Crippen LogP contribution is -3.28. The highest BCUT2D eigenvalue weighted by atomic mass is 16.5. The average molecular weight is 380 g/mol. The monoisotopic (exact) mass is 380 g/mol. The zero-order valence-corrected chi connectivity index (χ0v) is 16.4. The van der Waals surface area contributed by atoms with Crippen molar-refractivity contribution in [1.82, 2.24) is 0 Å². The second-order valence-corrected chi connectivity index (χ2v) is 7.47. The standard InChI is InChI=1S/C23H26N2O3/c1-2-24-10-12-25(13-11-24)14-15-27-20-9-8-19-16-21(18-6-4-3-5-7-18)23(26)28-22(19)17-20/h3-9,16-17H,2,10-15H2,1H3/p+2. The molecular formula is C23H28N2O3+2. The number of benzene rings is 2. The third kappa shape index (κ3) is 4.26. The summed E-state index contributed by atoms with van der Waals surface area (Å²) < 4.78 is 11.5. The number of quaternary nitrogens is 2. The van der Waals surface area contributed by atoms with E-state index in [1.54, 1.807) is 9.80 Å². The van der Waals surface area contributed by atoms with Crippen molar-refractivity contribution in [2.45, 2.75) is 6.92 Å². The number of piperazine rings is 1. The van der Waals surface area contributed by atoms with E-state index in [9.17, 15) is 4.79 Å². The maximum Gasteiger partial charge on any atom is 0.344 e. The van der Waals surface area contributed by atoms with Crippen molar-refractivity contribution in [2.24, 2.45) is 0 Å². The Balaban J connectivity index is 1.41. The molecule has 1 aliphatic heterocycles. The van der Waals surface area contributed by atoms with Crippen LogP contribution in [0, 0.1) is 0 Å². The van der Waals surface area contributed by atoms with E-state index in [4.69, 9.17) is 9.15 Å². The lowest BCUT2D eigenvalue weighted by Gasteiger charge is -2.28. The van der Waals surface area contributed by atoms with Crippen molar-refractivity contribution in [3.8, 4) is 16.9 Å². The zero-order chi connectivity index (χ0) is 19.3. The van der Waals surface area contributed by atoms with Gasteiger partial charge in [-0.2, -0.15) is 0 Å². The summed E-state index contributed by atoms with van der Waals surface area (Å²) in [7, 11) is 0. The molecule has 2 aromatic carbocycles. The molecule has 2 heterocycles. The Hall–Kier alpha value is -2.63. The quantitative estimate of drug-likeness (QED) is 0.617. The number of ether oxygens (including phenoxy) is 1. The van der Waals surface area contributed by atoms with Gasteiger partial charge in [-0.3, -0.25) is 0 Å². The highest BCUT2D eigenvalue weighted by Crippen LogP contribution is 2.24. The van der Waals surface area contributed by atoms with E-state index in [-0.39, 0.29) is 5.63 Å².